The normalized spacial score (nSPS) is 13.0. The highest BCUT2D eigenvalue weighted by Crippen LogP contribution is 2.09. The summed E-state index contributed by atoms with van der Waals surface area (Å²) in [4.78, 5) is 22.1. The van der Waals surface area contributed by atoms with E-state index in [1.807, 2.05) is 36.6 Å². The molecule has 0 aromatic heterocycles. The zero-order chi connectivity index (χ0) is 16.4. The van der Waals surface area contributed by atoms with Crippen LogP contribution in [0.5, 0.6) is 0 Å². The molecule has 120 valence electrons. The van der Waals surface area contributed by atoms with Gasteiger partial charge >= 0.3 is 5.97 Å². The van der Waals surface area contributed by atoms with Crippen molar-refractivity contribution < 1.29 is 14.7 Å². The fourth-order valence-corrected chi connectivity index (χ4v) is 2.52. The van der Waals surface area contributed by atoms with Gasteiger partial charge in [-0.1, -0.05) is 36.9 Å². The minimum absolute atomic E-state index is 0.275. The van der Waals surface area contributed by atoms with E-state index in [1.54, 1.807) is 11.8 Å². The lowest BCUT2D eigenvalue weighted by atomic mass is 10.0. The third kappa shape index (κ3) is 6.22. The van der Waals surface area contributed by atoms with Gasteiger partial charge < -0.3 is 15.7 Å². The predicted octanol–water partition coefficient (Wildman–Crippen LogP) is 1.65. The number of carbonyl (C=O) groups excluding carboxylic acids is 1. The van der Waals surface area contributed by atoms with Crippen molar-refractivity contribution in [2.75, 3.05) is 12.0 Å². The molecule has 0 spiro atoms. The molecule has 0 aliphatic rings. The van der Waals surface area contributed by atoms with E-state index in [1.165, 1.54) is 0 Å². The van der Waals surface area contributed by atoms with Crippen molar-refractivity contribution >= 4 is 24.1 Å². The molecule has 6 heteroatoms. The minimum Gasteiger partial charge on any atom is -0.480 e. The van der Waals surface area contributed by atoms with E-state index >= 15 is 0 Å². The summed E-state index contributed by atoms with van der Waals surface area (Å²) < 4.78 is 0. The third-order valence-corrected chi connectivity index (χ3v) is 3.88. The molecule has 0 saturated heterocycles. The fourth-order valence-electron chi connectivity index (χ4n) is 2.05. The average molecular weight is 322 g/mol. The molecule has 0 saturated carbocycles. The van der Waals surface area contributed by atoms with Crippen LogP contribution in [0.2, 0.25) is 0 Å². The highest BCUT2D eigenvalue weighted by atomic mass is 32.2. The molecule has 2 atom stereocenters. The Morgan fingerprint density at radius 2 is 2.05 bits per heavy atom. The molecule has 5 nitrogen and oxygen atoms in total. The molecule has 2 unspecified atom stereocenters. The number of carboxylic acid groups (broad SMARTS) is 1. The van der Waals surface area contributed by atoms with Crippen LogP contribution in [-0.4, -0.2) is 41.6 Å². The van der Waals surface area contributed by atoms with E-state index in [-0.39, 0.29) is 6.04 Å². The van der Waals surface area contributed by atoms with Gasteiger partial charge in [-0.15, -0.1) is 0 Å². The maximum Gasteiger partial charge on any atom is 0.326 e. The zero-order valence-electron chi connectivity index (χ0n) is 12.6. The summed E-state index contributed by atoms with van der Waals surface area (Å²) in [5.74, 6) is -0.0949. The maximum absolute atomic E-state index is 11.4. The Bertz CT molecular complexity index is 493. The summed E-state index contributed by atoms with van der Waals surface area (Å²) in [5.41, 5.74) is 1.45. The van der Waals surface area contributed by atoms with Crippen molar-refractivity contribution in [1.29, 1.82) is 0 Å². The number of hydrogen-bond donors (Lipinski definition) is 3. The Morgan fingerprint density at radius 1 is 1.36 bits per heavy atom. The largest absolute Gasteiger partial charge is 0.480 e. The fraction of sp³-hybridized carbons (Fsp3) is 0.375. The van der Waals surface area contributed by atoms with Crippen LogP contribution in [0.4, 0.5) is 0 Å². The molecule has 1 rings (SSSR count). The van der Waals surface area contributed by atoms with Crippen LogP contribution < -0.4 is 10.6 Å². The Labute approximate surface area is 135 Å². The SMILES string of the molecule is C=C(NC(Cc1ccccc1)C(=O)O)C(CCSC)NC=O. The first-order valence-corrected chi connectivity index (χ1v) is 8.38. The first-order valence-electron chi connectivity index (χ1n) is 6.99. The van der Waals surface area contributed by atoms with Crippen molar-refractivity contribution in [3.8, 4) is 0 Å². The number of carboxylic acids is 1. The lowest BCUT2D eigenvalue weighted by molar-refractivity contribution is -0.139. The molecule has 1 amide bonds. The summed E-state index contributed by atoms with van der Waals surface area (Å²) in [5, 5.41) is 15.0. The smallest absolute Gasteiger partial charge is 0.326 e. The van der Waals surface area contributed by atoms with Gasteiger partial charge in [0.15, 0.2) is 0 Å². The number of thioether (sulfide) groups is 1. The molecule has 0 aliphatic carbocycles. The summed E-state index contributed by atoms with van der Waals surface area (Å²) >= 11 is 1.66. The van der Waals surface area contributed by atoms with Crippen molar-refractivity contribution in [1.82, 2.24) is 10.6 Å². The Kier molecular flexibility index (Phi) is 8.14. The number of carbonyl (C=O) groups is 2. The zero-order valence-corrected chi connectivity index (χ0v) is 13.4. The van der Waals surface area contributed by atoms with E-state index in [0.29, 0.717) is 24.9 Å². The van der Waals surface area contributed by atoms with Gasteiger partial charge in [-0.25, -0.2) is 4.79 Å². The molecule has 0 bridgehead atoms. The van der Waals surface area contributed by atoms with E-state index in [2.05, 4.69) is 17.2 Å². The van der Waals surface area contributed by atoms with Crippen LogP contribution >= 0.6 is 11.8 Å². The molecule has 0 fully saturated rings. The number of hydrogen-bond acceptors (Lipinski definition) is 4. The lowest BCUT2D eigenvalue weighted by Crippen LogP contribution is -2.44. The molecule has 1 aromatic carbocycles. The van der Waals surface area contributed by atoms with Crippen molar-refractivity contribution in [3.63, 3.8) is 0 Å². The van der Waals surface area contributed by atoms with E-state index in [4.69, 9.17) is 0 Å². The van der Waals surface area contributed by atoms with Crippen LogP contribution in [0, 0.1) is 0 Å². The number of amides is 1. The summed E-state index contributed by atoms with van der Waals surface area (Å²) in [6.45, 7) is 3.89. The van der Waals surface area contributed by atoms with Crippen LogP contribution in [0.1, 0.15) is 12.0 Å². The Balaban J connectivity index is 2.69. The Morgan fingerprint density at radius 3 is 2.59 bits per heavy atom. The summed E-state index contributed by atoms with van der Waals surface area (Å²) in [6, 6.07) is 8.35. The van der Waals surface area contributed by atoms with Crippen molar-refractivity contribution in [3.05, 3.63) is 48.2 Å². The maximum atomic E-state index is 11.4. The molecule has 1 aromatic rings. The summed E-state index contributed by atoms with van der Waals surface area (Å²) in [7, 11) is 0. The highest BCUT2D eigenvalue weighted by molar-refractivity contribution is 7.98. The number of nitrogens with one attached hydrogen (secondary N) is 2. The predicted molar refractivity (Wildman–Crippen MR) is 89.8 cm³/mol. The van der Waals surface area contributed by atoms with Gasteiger partial charge in [0.05, 0.1) is 6.04 Å². The minimum atomic E-state index is -0.945. The third-order valence-electron chi connectivity index (χ3n) is 3.24. The van der Waals surface area contributed by atoms with Gasteiger partial charge in [-0.3, -0.25) is 4.79 Å². The second-order valence-electron chi connectivity index (χ2n) is 4.87. The highest BCUT2D eigenvalue weighted by Gasteiger charge is 2.21. The Hall–Kier alpha value is -1.95. The van der Waals surface area contributed by atoms with Gasteiger partial charge in [-0.05, 0) is 24.0 Å². The van der Waals surface area contributed by atoms with E-state index in [9.17, 15) is 14.7 Å². The molecular weight excluding hydrogens is 300 g/mol. The van der Waals surface area contributed by atoms with Crippen LogP contribution in [0.25, 0.3) is 0 Å². The summed E-state index contributed by atoms with van der Waals surface area (Å²) in [6.07, 6.45) is 3.64. The number of aliphatic carboxylic acids is 1. The average Bonchev–Trinajstić information content (AvgIpc) is 2.51. The van der Waals surface area contributed by atoms with Crippen LogP contribution in [0.15, 0.2) is 42.6 Å². The number of rotatable bonds is 11. The van der Waals surface area contributed by atoms with Gasteiger partial charge in [0.25, 0.3) is 0 Å². The van der Waals surface area contributed by atoms with Crippen molar-refractivity contribution in [2.45, 2.75) is 24.9 Å². The topological polar surface area (TPSA) is 78.4 Å². The number of benzene rings is 1. The molecule has 3 N–H and O–H groups in total. The lowest BCUT2D eigenvalue weighted by Gasteiger charge is -2.24. The van der Waals surface area contributed by atoms with E-state index < -0.39 is 12.0 Å². The monoisotopic (exact) mass is 322 g/mol. The second kappa shape index (κ2) is 9.89. The van der Waals surface area contributed by atoms with Gasteiger partial charge in [0.2, 0.25) is 6.41 Å². The van der Waals surface area contributed by atoms with E-state index in [0.717, 1.165) is 11.3 Å². The molecular formula is C16H22N2O3S. The standard InChI is InChI=1S/C16H22N2O3S/c1-12(14(17-11-19)8-9-22-2)18-15(16(20)21)10-13-6-4-3-5-7-13/h3-7,11,14-15,18H,1,8-10H2,2H3,(H,17,19)(H,20,21). The first kappa shape index (κ1) is 18.1. The van der Waals surface area contributed by atoms with Crippen molar-refractivity contribution in [2.24, 2.45) is 0 Å². The second-order valence-corrected chi connectivity index (χ2v) is 5.85. The van der Waals surface area contributed by atoms with Crippen LogP contribution in [0.3, 0.4) is 0 Å². The molecule has 22 heavy (non-hydrogen) atoms. The van der Waals surface area contributed by atoms with Gasteiger partial charge in [0, 0.05) is 12.1 Å². The quantitative estimate of drug-likeness (QED) is 0.540. The molecule has 0 radical (unpaired) electrons. The molecule has 0 aliphatic heterocycles. The first-order chi connectivity index (χ1) is 10.6. The van der Waals surface area contributed by atoms with Gasteiger partial charge in [0.1, 0.15) is 6.04 Å². The molecule has 0 heterocycles. The van der Waals surface area contributed by atoms with Crippen LogP contribution in [-0.2, 0) is 16.0 Å². The van der Waals surface area contributed by atoms with Gasteiger partial charge in [-0.2, -0.15) is 11.8 Å².